The second-order valence-electron chi connectivity index (χ2n) is 5.40. The third kappa shape index (κ3) is 3.83. The number of hydrogen-bond donors (Lipinski definition) is 1. The molecule has 0 atom stereocenters. The predicted molar refractivity (Wildman–Crippen MR) is 92.3 cm³/mol. The first-order chi connectivity index (χ1) is 12.5. The largest absolute Gasteiger partial charge is 0.467 e. The quantitative estimate of drug-likeness (QED) is 0.559. The number of hydrogen-bond acceptors (Lipinski definition) is 6. The molecular weight excluding hydrogens is 408 g/mol. The van der Waals surface area contributed by atoms with Gasteiger partial charge in [-0.05, 0) is 30.3 Å². The summed E-state index contributed by atoms with van der Waals surface area (Å²) in [4.78, 5) is 48.6. The number of furan rings is 1. The standard InChI is InChI=1S/C17H13BrN2O6/c18-10-3-4-13-12(6-10)16(23)17(24)20(13)8-15(22)26-9-14(21)19-7-11-2-1-5-25-11/h1-6H,7-9H2,(H,19,21). The second-order valence-corrected chi connectivity index (χ2v) is 6.31. The topological polar surface area (TPSA) is 106 Å². The monoisotopic (exact) mass is 420 g/mol. The van der Waals surface area contributed by atoms with E-state index in [1.165, 1.54) is 12.3 Å². The number of esters is 1. The van der Waals surface area contributed by atoms with Gasteiger partial charge in [-0.15, -0.1) is 0 Å². The van der Waals surface area contributed by atoms with Crippen LogP contribution in [0.2, 0.25) is 0 Å². The number of nitrogens with zero attached hydrogens (tertiary/aromatic N) is 1. The summed E-state index contributed by atoms with van der Waals surface area (Å²) in [5.41, 5.74) is 0.552. The van der Waals surface area contributed by atoms with E-state index in [1.807, 2.05) is 0 Å². The maximum Gasteiger partial charge on any atom is 0.326 e. The fraction of sp³-hybridized carbons (Fsp3) is 0.176. The molecule has 1 aliphatic rings. The molecule has 26 heavy (non-hydrogen) atoms. The van der Waals surface area contributed by atoms with E-state index < -0.39 is 36.7 Å². The number of halogens is 1. The Bertz CT molecular complexity index is 877. The van der Waals surface area contributed by atoms with Crippen LogP contribution >= 0.6 is 15.9 Å². The summed E-state index contributed by atoms with van der Waals surface area (Å²) in [5, 5.41) is 2.52. The minimum Gasteiger partial charge on any atom is -0.467 e. The minimum absolute atomic E-state index is 0.171. The van der Waals surface area contributed by atoms with Crippen molar-refractivity contribution in [1.29, 1.82) is 0 Å². The van der Waals surface area contributed by atoms with Crippen molar-refractivity contribution in [1.82, 2.24) is 5.32 Å². The average molecular weight is 421 g/mol. The molecule has 0 radical (unpaired) electrons. The van der Waals surface area contributed by atoms with Crippen LogP contribution in [0.25, 0.3) is 0 Å². The molecule has 0 saturated carbocycles. The van der Waals surface area contributed by atoms with Crippen molar-refractivity contribution in [2.24, 2.45) is 0 Å². The summed E-state index contributed by atoms with van der Waals surface area (Å²) in [7, 11) is 0. The van der Waals surface area contributed by atoms with E-state index in [2.05, 4.69) is 21.2 Å². The first-order valence-electron chi connectivity index (χ1n) is 7.56. The summed E-state index contributed by atoms with van der Waals surface area (Å²) in [6.45, 7) is -0.780. The van der Waals surface area contributed by atoms with Crippen molar-refractivity contribution in [3.63, 3.8) is 0 Å². The number of benzene rings is 1. The molecule has 134 valence electrons. The lowest BCUT2D eigenvalue weighted by Crippen LogP contribution is -2.37. The molecule has 2 amide bonds. The van der Waals surface area contributed by atoms with Gasteiger partial charge in [-0.2, -0.15) is 0 Å². The zero-order chi connectivity index (χ0) is 18.7. The van der Waals surface area contributed by atoms with Gasteiger partial charge in [-0.25, -0.2) is 0 Å². The maximum atomic E-state index is 12.0. The molecule has 9 heteroatoms. The van der Waals surface area contributed by atoms with Gasteiger partial charge in [-0.1, -0.05) is 15.9 Å². The molecule has 0 bridgehead atoms. The van der Waals surface area contributed by atoms with Gasteiger partial charge in [0.15, 0.2) is 6.61 Å². The Morgan fingerprint density at radius 2 is 2.04 bits per heavy atom. The number of anilines is 1. The predicted octanol–water partition coefficient (Wildman–Crippen LogP) is 1.43. The molecule has 0 unspecified atom stereocenters. The van der Waals surface area contributed by atoms with Crippen LogP contribution in [-0.4, -0.2) is 36.7 Å². The van der Waals surface area contributed by atoms with E-state index in [4.69, 9.17) is 9.15 Å². The fourth-order valence-corrected chi connectivity index (χ4v) is 2.76. The van der Waals surface area contributed by atoms with Crippen molar-refractivity contribution in [3.05, 3.63) is 52.4 Å². The SMILES string of the molecule is O=C(COC(=O)CN1C(=O)C(=O)c2cc(Br)ccc21)NCc1ccco1. The molecule has 2 aromatic rings. The Labute approximate surface area is 156 Å². The van der Waals surface area contributed by atoms with Crippen molar-refractivity contribution in [2.75, 3.05) is 18.1 Å². The lowest BCUT2D eigenvalue weighted by atomic mass is 10.1. The Balaban J connectivity index is 1.53. The van der Waals surface area contributed by atoms with Crippen LogP contribution < -0.4 is 10.2 Å². The van der Waals surface area contributed by atoms with Gasteiger partial charge in [0.1, 0.15) is 12.3 Å². The maximum absolute atomic E-state index is 12.0. The summed E-state index contributed by atoms with van der Waals surface area (Å²) < 4.78 is 10.6. The van der Waals surface area contributed by atoms with Crippen LogP contribution in [-0.2, 0) is 25.7 Å². The second kappa shape index (κ2) is 7.52. The van der Waals surface area contributed by atoms with Crippen molar-refractivity contribution in [3.8, 4) is 0 Å². The van der Waals surface area contributed by atoms with Crippen molar-refractivity contribution >= 4 is 45.2 Å². The summed E-state index contributed by atoms with van der Waals surface area (Å²) in [5.74, 6) is -2.24. The molecule has 0 saturated heterocycles. The lowest BCUT2D eigenvalue weighted by molar-refractivity contribution is -0.147. The van der Waals surface area contributed by atoms with E-state index in [0.717, 1.165) is 4.90 Å². The molecular formula is C17H13BrN2O6. The number of fused-ring (bicyclic) bond motifs is 1. The molecule has 1 N–H and O–H groups in total. The van der Waals surface area contributed by atoms with Crippen LogP contribution in [0.4, 0.5) is 5.69 Å². The van der Waals surface area contributed by atoms with Crippen LogP contribution in [0.15, 0.2) is 45.5 Å². The van der Waals surface area contributed by atoms with E-state index >= 15 is 0 Å². The van der Waals surface area contributed by atoms with Gasteiger partial charge in [0.2, 0.25) is 0 Å². The van der Waals surface area contributed by atoms with E-state index in [1.54, 1.807) is 24.3 Å². The van der Waals surface area contributed by atoms with Gasteiger partial charge in [0, 0.05) is 4.47 Å². The van der Waals surface area contributed by atoms with Gasteiger partial charge >= 0.3 is 5.97 Å². The molecule has 0 spiro atoms. The molecule has 2 heterocycles. The third-order valence-corrected chi connectivity index (χ3v) is 4.12. The zero-order valence-corrected chi connectivity index (χ0v) is 14.9. The fourth-order valence-electron chi connectivity index (χ4n) is 2.40. The molecule has 1 aromatic heterocycles. The normalized spacial score (nSPS) is 12.9. The number of amides is 2. The van der Waals surface area contributed by atoms with Gasteiger partial charge in [-0.3, -0.25) is 24.1 Å². The highest BCUT2D eigenvalue weighted by molar-refractivity contribution is 9.10. The van der Waals surface area contributed by atoms with Crippen LogP contribution in [0.5, 0.6) is 0 Å². The average Bonchev–Trinajstić information content (AvgIpc) is 3.22. The molecule has 1 aromatic carbocycles. The number of Topliss-reactive ketones (excluding diaryl/α,β-unsaturated/α-hetero) is 1. The van der Waals surface area contributed by atoms with Crippen LogP contribution in [0.3, 0.4) is 0 Å². The number of carbonyl (C=O) groups is 4. The van der Waals surface area contributed by atoms with Gasteiger partial charge < -0.3 is 14.5 Å². The first kappa shape index (κ1) is 17.9. The molecule has 0 fully saturated rings. The highest BCUT2D eigenvalue weighted by Crippen LogP contribution is 2.31. The van der Waals surface area contributed by atoms with Gasteiger partial charge in [0.05, 0.1) is 24.1 Å². The van der Waals surface area contributed by atoms with Crippen LogP contribution in [0.1, 0.15) is 16.1 Å². The van der Waals surface area contributed by atoms with Gasteiger partial charge in [0.25, 0.3) is 17.6 Å². The Kier molecular flexibility index (Phi) is 5.17. The smallest absolute Gasteiger partial charge is 0.326 e. The summed E-state index contributed by atoms with van der Waals surface area (Å²) in [6.07, 6.45) is 1.48. The van der Waals surface area contributed by atoms with Crippen molar-refractivity contribution in [2.45, 2.75) is 6.54 Å². The molecule has 0 aliphatic carbocycles. The molecule has 8 nitrogen and oxygen atoms in total. The number of ether oxygens (including phenoxy) is 1. The number of rotatable bonds is 6. The Morgan fingerprint density at radius 3 is 2.77 bits per heavy atom. The van der Waals surface area contributed by atoms with Crippen molar-refractivity contribution < 1.29 is 28.3 Å². The highest BCUT2D eigenvalue weighted by atomic mass is 79.9. The highest BCUT2D eigenvalue weighted by Gasteiger charge is 2.37. The number of carbonyl (C=O) groups excluding carboxylic acids is 4. The number of nitrogens with one attached hydrogen (secondary N) is 1. The zero-order valence-electron chi connectivity index (χ0n) is 13.4. The summed E-state index contributed by atoms with van der Waals surface area (Å²) in [6, 6.07) is 8.12. The van der Waals surface area contributed by atoms with Crippen LogP contribution in [0, 0.1) is 0 Å². The lowest BCUT2D eigenvalue weighted by Gasteiger charge is -2.15. The van der Waals surface area contributed by atoms with E-state index in [0.29, 0.717) is 15.9 Å². The molecule has 1 aliphatic heterocycles. The number of ketones is 1. The Hall–Kier alpha value is -2.94. The summed E-state index contributed by atoms with van der Waals surface area (Å²) >= 11 is 3.23. The van der Waals surface area contributed by atoms with E-state index in [-0.39, 0.29) is 12.1 Å². The minimum atomic E-state index is -0.808. The molecule has 3 rings (SSSR count). The Morgan fingerprint density at radius 1 is 1.23 bits per heavy atom. The van der Waals surface area contributed by atoms with E-state index in [9.17, 15) is 19.2 Å². The third-order valence-electron chi connectivity index (χ3n) is 3.62. The first-order valence-corrected chi connectivity index (χ1v) is 8.35.